The van der Waals surface area contributed by atoms with Crippen LogP contribution in [0.1, 0.15) is 37.5 Å². The zero-order chi connectivity index (χ0) is 10.1. The Labute approximate surface area is 82.1 Å². The molecule has 5 heteroatoms. The highest BCUT2D eigenvalue weighted by molar-refractivity contribution is 5.74. The maximum Gasteiger partial charge on any atom is 0.223 e. The molecule has 1 atom stereocenters. The Morgan fingerprint density at radius 2 is 2.43 bits per heavy atom. The van der Waals surface area contributed by atoms with Gasteiger partial charge in [-0.1, -0.05) is 5.16 Å². The summed E-state index contributed by atoms with van der Waals surface area (Å²) in [5, 5.41) is 3.85. The van der Waals surface area contributed by atoms with Gasteiger partial charge in [-0.15, -0.1) is 0 Å². The van der Waals surface area contributed by atoms with Crippen LogP contribution in [0.25, 0.3) is 0 Å². The van der Waals surface area contributed by atoms with Crippen LogP contribution in [0.2, 0.25) is 0 Å². The van der Waals surface area contributed by atoms with Crippen molar-refractivity contribution >= 4 is 5.91 Å². The van der Waals surface area contributed by atoms with E-state index in [4.69, 9.17) is 4.52 Å². The third-order valence-corrected chi connectivity index (χ3v) is 2.50. The molecule has 1 aromatic rings. The molecule has 0 saturated carbocycles. The van der Waals surface area contributed by atoms with Crippen LogP contribution in [0.4, 0.5) is 0 Å². The Morgan fingerprint density at radius 3 is 3.00 bits per heavy atom. The summed E-state index contributed by atoms with van der Waals surface area (Å²) in [6, 6.07) is 0.0185. The molecule has 1 aliphatic heterocycles. The molecular weight excluding hydrogens is 182 g/mol. The van der Waals surface area contributed by atoms with Crippen LogP contribution in [-0.4, -0.2) is 27.5 Å². The van der Waals surface area contributed by atoms with E-state index in [0.717, 1.165) is 19.4 Å². The van der Waals surface area contributed by atoms with E-state index in [1.807, 2.05) is 0 Å². The summed E-state index contributed by atoms with van der Waals surface area (Å²) in [5.74, 6) is 1.26. The number of amides is 1. The number of likely N-dealkylation sites (tertiary alicyclic amines) is 1. The van der Waals surface area contributed by atoms with Crippen LogP contribution < -0.4 is 0 Å². The highest BCUT2D eigenvalue weighted by atomic mass is 16.5. The van der Waals surface area contributed by atoms with Crippen molar-refractivity contribution in [2.45, 2.75) is 32.7 Å². The molecule has 0 aliphatic carbocycles. The minimum Gasteiger partial charge on any atom is -0.340 e. The molecule has 0 unspecified atom stereocenters. The lowest BCUT2D eigenvalue weighted by Crippen LogP contribution is -2.28. The highest BCUT2D eigenvalue weighted by Gasteiger charge is 2.31. The van der Waals surface area contributed by atoms with Crippen molar-refractivity contribution in [2.24, 2.45) is 0 Å². The minimum absolute atomic E-state index is 0.0185. The number of aryl methyl sites for hydroxylation is 1. The van der Waals surface area contributed by atoms with Crippen molar-refractivity contribution in [3.05, 3.63) is 11.7 Å². The number of aromatic nitrogens is 2. The Kier molecular flexibility index (Phi) is 2.23. The smallest absolute Gasteiger partial charge is 0.223 e. The molecule has 1 aliphatic rings. The van der Waals surface area contributed by atoms with Crippen LogP contribution in [0.15, 0.2) is 4.52 Å². The summed E-state index contributed by atoms with van der Waals surface area (Å²) in [4.78, 5) is 17.2. The lowest BCUT2D eigenvalue weighted by atomic mass is 10.2. The third kappa shape index (κ3) is 1.49. The summed E-state index contributed by atoms with van der Waals surface area (Å²) in [6.45, 7) is 4.13. The number of rotatable bonds is 1. The van der Waals surface area contributed by atoms with E-state index in [-0.39, 0.29) is 11.9 Å². The van der Waals surface area contributed by atoms with Crippen LogP contribution in [0, 0.1) is 6.92 Å². The van der Waals surface area contributed by atoms with Gasteiger partial charge in [-0.2, -0.15) is 4.98 Å². The quantitative estimate of drug-likeness (QED) is 0.672. The zero-order valence-electron chi connectivity index (χ0n) is 8.36. The fourth-order valence-corrected chi connectivity index (χ4v) is 1.86. The Bertz CT molecular complexity index is 348. The molecule has 2 rings (SSSR count). The number of carbonyl (C=O) groups is 1. The van der Waals surface area contributed by atoms with E-state index in [1.54, 1.807) is 18.7 Å². The van der Waals surface area contributed by atoms with Crippen LogP contribution in [0.3, 0.4) is 0 Å². The first-order valence-corrected chi connectivity index (χ1v) is 4.76. The molecule has 0 radical (unpaired) electrons. The van der Waals surface area contributed by atoms with E-state index < -0.39 is 0 Å². The fraction of sp³-hybridized carbons (Fsp3) is 0.667. The van der Waals surface area contributed by atoms with E-state index in [0.29, 0.717) is 11.7 Å². The summed E-state index contributed by atoms with van der Waals surface area (Å²) >= 11 is 0. The largest absolute Gasteiger partial charge is 0.340 e. The van der Waals surface area contributed by atoms with Crippen LogP contribution in [-0.2, 0) is 4.79 Å². The summed E-state index contributed by atoms with van der Waals surface area (Å²) < 4.78 is 4.91. The van der Waals surface area contributed by atoms with Gasteiger partial charge in [0, 0.05) is 20.4 Å². The first-order chi connectivity index (χ1) is 6.68. The van der Waals surface area contributed by atoms with E-state index in [1.165, 1.54) is 0 Å². The zero-order valence-corrected chi connectivity index (χ0v) is 8.36. The van der Waals surface area contributed by atoms with Crippen molar-refractivity contribution in [2.75, 3.05) is 6.54 Å². The lowest BCUT2D eigenvalue weighted by Gasteiger charge is -2.19. The average molecular weight is 195 g/mol. The van der Waals surface area contributed by atoms with Gasteiger partial charge < -0.3 is 9.42 Å². The minimum atomic E-state index is 0.0185. The maximum atomic E-state index is 11.3. The first-order valence-electron chi connectivity index (χ1n) is 4.76. The van der Waals surface area contributed by atoms with Crippen molar-refractivity contribution in [3.63, 3.8) is 0 Å². The van der Waals surface area contributed by atoms with E-state index >= 15 is 0 Å². The van der Waals surface area contributed by atoms with E-state index in [2.05, 4.69) is 10.1 Å². The predicted octanol–water partition coefficient (Wildman–Crippen LogP) is 1.06. The van der Waals surface area contributed by atoms with Crippen molar-refractivity contribution in [1.29, 1.82) is 0 Å². The number of hydrogen-bond acceptors (Lipinski definition) is 4. The number of hydrogen-bond donors (Lipinski definition) is 0. The Hall–Kier alpha value is -1.39. The van der Waals surface area contributed by atoms with Gasteiger partial charge in [0.2, 0.25) is 11.8 Å². The molecule has 1 fully saturated rings. The topological polar surface area (TPSA) is 59.2 Å². The summed E-state index contributed by atoms with van der Waals surface area (Å²) in [6.07, 6.45) is 1.94. The van der Waals surface area contributed by atoms with Gasteiger partial charge in [-0.3, -0.25) is 4.79 Å². The molecule has 0 aromatic carbocycles. The second-order valence-corrected chi connectivity index (χ2v) is 3.54. The molecule has 0 spiro atoms. The van der Waals surface area contributed by atoms with Gasteiger partial charge in [0.05, 0.1) is 6.04 Å². The number of carbonyl (C=O) groups excluding carboxylic acids is 1. The van der Waals surface area contributed by atoms with Crippen LogP contribution in [0.5, 0.6) is 0 Å². The molecule has 0 bridgehead atoms. The van der Waals surface area contributed by atoms with Gasteiger partial charge in [0.25, 0.3) is 0 Å². The van der Waals surface area contributed by atoms with Crippen molar-refractivity contribution < 1.29 is 9.32 Å². The monoisotopic (exact) mass is 195 g/mol. The molecule has 2 heterocycles. The molecule has 0 N–H and O–H groups in total. The molecule has 1 amide bonds. The van der Waals surface area contributed by atoms with Crippen molar-refractivity contribution in [3.8, 4) is 0 Å². The normalized spacial score (nSPS) is 21.6. The molecular formula is C9H13N3O2. The van der Waals surface area contributed by atoms with Crippen LogP contribution >= 0.6 is 0 Å². The van der Waals surface area contributed by atoms with Gasteiger partial charge in [0.15, 0.2) is 5.82 Å². The SMILES string of the molecule is CC(=O)N1CCC[C@H]1c1noc(C)n1. The third-order valence-electron chi connectivity index (χ3n) is 2.50. The molecule has 1 saturated heterocycles. The van der Waals surface area contributed by atoms with Gasteiger partial charge in [-0.05, 0) is 12.8 Å². The Morgan fingerprint density at radius 1 is 1.64 bits per heavy atom. The number of nitrogens with zero attached hydrogens (tertiary/aromatic N) is 3. The fourth-order valence-electron chi connectivity index (χ4n) is 1.86. The molecule has 76 valence electrons. The van der Waals surface area contributed by atoms with Gasteiger partial charge in [-0.25, -0.2) is 0 Å². The molecule has 14 heavy (non-hydrogen) atoms. The average Bonchev–Trinajstić information content (AvgIpc) is 2.70. The second-order valence-electron chi connectivity index (χ2n) is 3.54. The Balaban J connectivity index is 2.21. The molecule has 1 aromatic heterocycles. The molecule has 5 nitrogen and oxygen atoms in total. The maximum absolute atomic E-state index is 11.3. The second kappa shape index (κ2) is 3.40. The summed E-state index contributed by atoms with van der Waals surface area (Å²) in [5.41, 5.74) is 0. The predicted molar refractivity (Wildman–Crippen MR) is 48.4 cm³/mol. The highest BCUT2D eigenvalue weighted by Crippen LogP contribution is 2.29. The standard InChI is InChI=1S/C9H13N3O2/c1-6-10-9(11-14-6)8-4-3-5-12(8)7(2)13/h8H,3-5H2,1-2H3/t8-/m0/s1. The lowest BCUT2D eigenvalue weighted by molar-refractivity contribution is -0.129. The first kappa shape index (κ1) is 9.18. The van der Waals surface area contributed by atoms with Gasteiger partial charge >= 0.3 is 0 Å². The van der Waals surface area contributed by atoms with E-state index in [9.17, 15) is 4.79 Å². The summed E-state index contributed by atoms with van der Waals surface area (Å²) in [7, 11) is 0. The van der Waals surface area contributed by atoms with Gasteiger partial charge in [0.1, 0.15) is 0 Å². The van der Waals surface area contributed by atoms with Crippen molar-refractivity contribution in [1.82, 2.24) is 15.0 Å².